The minimum atomic E-state index is 0.469. The van der Waals surface area contributed by atoms with E-state index in [2.05, 4.69) is 19.9 Å². The Bertz CT molecular complexity index is 683. The maximum Gasteiger partial charge on any atom is 0.124 e. The van der Waals surface area contributed by atoms with Crippen molar-refractivity contribution in [1.29, 1.82) is 0 Å². The van der Waals surface area contributed by atoms with Crippen molar-refractivity contribution in [1.82, 2.24) is 19.9 Å². The molecule has 0 atom stereocenters. The molecule has 2 N–H and O–H groups in total. The zero-order chi connectivity index (χ0) is 13.1. The van der Waals surface area contributed by atoms with E-state index in [0.29, 0.717) is 5.82 Å². The van der Waals surface area contributed by atoms with Gasteiger partial charge in [-0.05, 0) is 29.8 Å². The molecule has 0 amide bonds. The lowest BCUT2D eigenvalue weighted by molar-refractivity contribution is 1.16. The maximum atomic E-state index is 5.78. The first-order valence-electron chi connectivity index (χ1n) is 5.77. The van der Waals surface area contributed by atoms with E-state index in [0.717, 1.165) is 22.4 Å². The fraction of sp³-hybridized carbons (Fsp3) is 0. The number of aromatic nitrogens is 4. The molecule has 0 unspecified atom stereocenters. The Kier molecular flexibility index (Phi) is 2.86. The van der Waals surface area contributed by atoms with Crippen molar-refractivity contribution < 1.29 is 0 Å². The highest BCUT2D eigenvalue weighted by Gasteiger charge is 2.10. The first kappa shape index (κ1) is 11.3. The van der Waals surface area contributed by atoms with E-state index in [1.54, 1.807) is 30.9 Å². The molecular formula is C14H11N5. The Hall–Kier alpha value is -2.82. The zero-order valence-electron chi connectivity index (χ0n) is 10.1. The van der Waals surface area contributed by atoms with E-state index in [1.807, 2.05) is 18.2 Å². The second-order valence-corrected chi connectivity index (χ2v) is 4.00. The molecule has 3 rings (SSSR count). The molecule has 92 valence electrons. The number of hydrogen-bond donors (Lipinski definition) is 1. The maximum absolute atomic E-state index is 5.78. The first-order valence-corrected chi connectivity index (χ1v) is 5.77. The number of hydrogen-bond acceptors (Lipinski definition) is 5. The van der Waals surface area contributed by atoms with Gasteiger partial charge in [0.15, 0.2) is 0 Å². The van der Waals surface area contributed by atoms with Crippen molar-refractivity contribution >= 4 is 5.82 Å². The number of nitrogens with two attached hydrogens (primary N) is 1. The number of anilines is 1. The summed E-state index contributed by atoms with van der Waals surface area (Å²) >= 11 is 0. The normalized spacial score (nSPS) is 10.3. The summed E-state index contributed by atoms with van der Waals surface area (Å²) in [6.07, 6.45) is 8.43. The molecule has 0 aliphatic rings. The van der Waals surface area contributed by atoms with Gasteiger partial charge in [0.05, 0.1) is 5.69 Å². The van der Waals surface area contributed by atoms with Crippen LogP contribution >= 0.6 is 0 Å². The smallest absolute Gasteiger partial charge is 0.124 e. The molecule has 0 aliphatic carbocycles. The summed E-state index contributed by atoms with van der Waals surface area (Å²) in [6, 6.07) is 7.59. The van der Waals surface area contributed by atoms with Gasteiger partial charge in [-0.25, -0.2) is 15.0 Å². The third-order valence-electron chi connectivity index (χ3n) is 2.74. The average Bonchev–Trinajstić information content (AvgIpc) is 2.49. The first-order chi connectivity index (χ1) is 9.34. The predicted molar refractivity (Wildman–Crippen MR) is 72.9 cm³/mol. The Morgan fingerprint density at radius 1 is 0.789 bits per heavy atom. The third-order valence-corrected chi connectivity index (χ3v) is 2.74. The Morgan fingerprint density at radius 3 is 2.26 bits per heavy atom. The van der Waals surface area contributed by atoms with Crippen LogP contribution in [-0.4, -0.2) is 19.9 Å². The molecule has 0 saturated heterocycles. The minimum absolute atomic E-state index is 0.469. The van der Waals surface area contributed by atoms with Crippen molar-refractivity contribution in [2.45, 2.75) is 0 Å². The van der Waals surface area contributed by atoms with E-state index in [9.17, 15) is 0 Å². The fourth-order valence-corrected chi connectivity index (χ4v) is 1.88. The van der Waals surface area contributed by atoms with Crippen molar-refractivity contribution in [3.63, 3.8) is 0 Å². The van der Waals surface area contributed by atoms with E-state index < -0.39 is 0 Å². The summed E-state index contributed by atoms with van der Waals surface area (Å²) in [4.78, 5) is 16.5. The van der Waals surface area contributed by atoms with Gasteiger partial charge in [0.25, 0.3) is 0 Å². The summed E-state index contributed by atoms with van der Waals surface area (Å²) in [5.41, 5.74) is 9.39. The van der Waals surface area contributed by atoms with Gasteiger partial charge in [0.2, 0.25) is 0 Å². The molecule has 0 bridgehead atoms. The molecule has 19 heavy (non-hydrogen) atoms. The van der Waals surface area contributed by atoms with Gasteiger partial charge < -0.3 is 5.73 Å². The van der Waals surface area contributed by atoms with Gasteiger partial charge in [-0.2, -0.15) is 0 Å². The molecule has 0 radical (unpaired) electrons. The number of nitrogens with zero attached hydrogens (tertiary/aromatic N) is 4. The van der Waals surface area contributed by atoms with Crippen molar-refractivity contribution in [2.24, 2.45) is 0 Å². The molecule has 0 spiro atoms. The molecule has 3 aromatic rings. The van der Waals surface area contributed by atoms with Gasteiger partial charge in [-0.1, -0.05) is 0 Å². The molecule has 5 nitrogen and oxygen atoms in total. The summed E-state index contributed by atoms with van der Waals surface area (Å²) < 4.78 is 0. The molecule has 3 aromatic heterocycles. The molecule has 0 aromatic carbocycles. The van der Waals surface area contributed by atoms with Crippen molar-refractivity contribution in [3.05, 3.63) is 55.4 Å². The Morgan fingerprint density at radius 2 is 1.53 bits per heavy atom. The van der Waals surface area contributed by atoms with Crippen molar-refractivity contribution in [3.8, 4) is 22.4 Å². The molecular weight excluding hydrogens is 238 g/mol. The van der Waals surface area contributed by atoms with Crippen LogP contribution in [0, 0.1) is 0 Å². The van der Waals surface area contributed by atoms with Crippen LogP contribution in [0.1, 0.15) is 0 Å². The van der Waals surface area contributed by atoms with Crippen LogP contribution in [0.15, 0.2) is 55.4 Å². The highest BCUT2D eigenvalue weighted by molar-refractivity contribution is 5.80. The second-order valence-electron chi connectivity index (χ2n) is 4.00. The Balaban J connectivity index is 2.21. The standard InChI is InChI=1S/C14H11N5/c15-13-2-1-12(10-3-5-16-6-4-10)14(19-13)11-7-17-9-18-8-11/h1-9H,(H2,15,19). The lowest BCUT2D eigenvalue weighted by Gasteiger charge is -2.09. The summed E-state index contributed by atoms with van der Waals surface area (Å²) in [7, 11) is 0. The number of rotatable bonds is 2. The summed E-state index contributed by atoms with van der Waals surface area (Å²) in [5.74, 6) is 0.469. The lowest BCUT2D eigenvalue weighted by Crippen LogP contribution is -1.96. The van der Waals surface area contributed by atoms with Gasteiger partial charge in [0, 0.05) is 35.9 Å². The summed E-state index contributed by atoms with van der Waals surface area (Å²) in [5, 5.41) is 0. The molecule has 0 saturated carbocycles. The Labute approximate surface area is 110 Å². The van der Waals surface area contributed by atoms with Crippen LogP contribution in [0.4, 0.5) is 5.82 Å². The number of nitrogen functional groups attached to an aromatic ring is 1. The van der Waals surface area contributed by atoms with Crippen molar-refractivity contribution in [2.75, 3.05) is 5.73 Å². The van der Waals surface area contributed by atoms with Crippen LogP contribution in [0.5, 0.6) is 0 Å². The molecule has 3 heterocycles. The molecule has 0 fully saturated rings. The average molecular weight is 249 g/mol. The van der Waals surface area contributed by atoms with Gasteiger partial charge in [0.1, 0.15) is 12.1 Å². The van der Waals surface area contributed by atoms with Crippen LogP contribution in [0.3, 0.4) is 0 Å². The van der Waals surface area contributed by atoms with E-state index in [4.69, 9.17) is 5.73 Å². The highest BCUT2D eigenvalue weighted by atomic mass is 14.9. The number of pyridine rings is 2. The monoisotopic (exact) mass is 249 g/mol. The topological polar surface area (TPSA) is 77.6 Å². The quantitative estimate of drug-likeness (QED) is 0.753. The fourth-order valence-electron chi connectivity index (χ4n) is 1.88. The second kappa shape index (κ2) is 4.81. The van der Waals surface area contributed by atoms with Crippen LogP contribution in [0.25, 0.3) is 22.4 Å². The summed E-state index contributed by atoms with van der Waals surface area (Å²) in [6.45, 7) is 0. The zero-order valence-corrected chi connectivity index (χ0v) is 10.1. The third kappa shape index (κ3) is 2.26. The van der Waals surface area contributed by atoms with Crippen LogP contribution in [-0.2, 0) is 0 Å². The van der Waals surface area contributed by atoms with Gasteiger partial charge >= 0.3 is 0 Å². The van der Waals surface area contributed by atoms with Crippen LogP contribution < -0.4 is 5.73 Å². The molecule has 5 heteroatoms. The van der Waals surface area contributed by atoms with E-state index in [-0.39, 0.29) is 0 Å². The SMILES string of the molecule is Nc1ccc(-c2ccncc2)c(-c2cncnc2)n1. The van der Waals surface area contributed by atoms with Crippen LogP contribution in [0.2, 0.25) is 0 Å². The largest absolute Gasteiger partial charge is 0.384 e. The lowest BCUT2D eigenvalue weighted by atomic mass is 10.0. The van der Waals surface area contributed by atoms with E-state index >= 15 is 0 Å². The highest BCUT2D eigenvalue weighted by Crippen LogP contribution is 2.30. The minimum Gasteiger partial charge on any atom is -0.384 e. The van der Waals surface area contributed by atoms with Gasteiger partial charge in [-0.3, -0.25) is 4.98 Å². The molecule has 0 aliphatic heterocycles. The van der Waals surface area contributed by atoms with E-state index in [1.165, 1.54) is 6.33 Å². The predicted octanol–water partition coefficient (Wildman–Crippen LogP) is 2.18. The van der Waals surface area contributed by atoms with Gasteiger partial charge in [-0.15, -0.1) is 0 Å².